The van der Waals surface area contributed by atoms with Crippen LogP contribution in [-0.4, -0.2) is 63.8 Å². The highest BCUT2D eigenvalue weighted by Crippen LogP contribution is 2.20. The molecule has 0 saturated carbocycles. The van der Waals surface area contributed by atoms with E-state index in [-0.39, 0.29) is 19.0 Å². The third-order valence-electron chi connectivity index (χ3n) is 2.92. The van der Waals surface area contributed by atoms with Crippen LogP contribution >= 0.6 is 0 Å². The van der Waals surface area contributed by atoms with Gasteiger partial charge in [-0.15, -0.1) is 0 Å². The molecular weight excluding hydrogens is 236 g/mol. The molecule has 1 aliphatic rings. The molecule has 1 saturated heterocycles. The minimum Gasteiger partial charge on any atom is -0.480 e. The molecule has 0 bridgehead atoms. The van der Waals surface area contributed by atoms with Crippen molar-refractivity contribution < 1.29 is 19.8 Å². The molecule has 1 rings (SSSR count). The van der Waals surface area contributed by atoms with Gasteiger partial charge in [-0.25, -0.2) is 9.59 Å². The Bertz CT molecular complexity index is 356. The highest BCUT2D eigenvalue weighted by atomic mass is 16.4. The number of hydrogen-bond donors (Lipinski definition) is 2. The van der Waals surface area contributed by atoms with Gasteiger partial charge in [-0.3, -0.25) is 0 Å². The van der Waals surface area contributed by atoms with Crippen molar-refractivity contribution in [3.05, 3.63) is 12.2 Å². The summed E-state index contributed by atoms with van der Waals surface area (Å²) < 4.78 is 0. The van der Waals surface area contributed by atoms with E-state index in [4.69, 9.17) is 5.11 Å². The molecule has 1 fully saturated rings. The maximum Gasteiger partial charge on any atom is 0.326 e. The van der Waals surface area contributed by atoms with Crippen LogP contribution < -0.4 is 0 Å². The number of amides is 2. The molecule has 2 N–H and O–H groups in total. The van der Waals surface area contributed by atoms with Crippen LogP contribution in [0.15, 0.2) is 12.2 Å². The molecule has 6 nitrogen and oxygen atoms in total. The van der Waals surface area contributed by atoms with Crippen LogP contribution in [0.3, 0.4) is 0 Å². The Balaban J connectivity index is 2.80. The molecule has 0 aliphatic carbocycles. The first-order chi connectivity index (χ1) is 8.36. The number of carboxylic acids is 1. The minimum absolute atomic E-state index is 0.0719. The maximum atomic E-state index is 12.2. The molecule has 1 heterocycles. The summed E-state index contributed by atoms with van der Waals surface area (Å²) in [5, 5.41) is 18.6. The topological polar surface area (TPSA) is 81.1 Å². The van der Waals surface area contributed by atoms with Gasteiger partial charge < -0.3 is 20.0 Å². The van der Waals surface area contributed by atoms with Crippen molar-refractivity contribution in [2.75, 3.05) is 19.6 Å². The number of aliphatic hydroxyl groups is 1. The Labute approximate surface area is 106 Å². The molecular formula is C12H20N2O4. The normalized spacial score (nSPS) is 22.9. The van der Waals surface area contributed by atoms with Crippen molar-refractivity contribution in [3.8, 4) is 0 Å². The lowest BCUT2D eigenvalue weighted by Gasteiger charge is -2.29. The van der Waals surface area contributed by atoms with Crippen LogP contribution in [0.4, 0.5) is 4.79 Å². The SMILES string of the molecule is C=C(C)CN(CC)C(=O)N1CC(O)C[C@H]1C(=O)O. The number of aliphatic hydroxyl groups excluding tert-OH is 1. The minimum atomic E-state index is -1.08. The summed E-state index contributed by atoms with van der Waals surface area (Å²) in [4.78, 5) is 26.0. The van der Waals surface area contributed by atoms with Gasteiger partial charge in [0.1, 0.15) is 6.04 Å². The summed E-state index contributed by atoms with van der Waals surface area (Å²) >= 11 is 0. The third kappa shape index (κ3) is 3.22. The first kappa shape index (κ1) is 14.5. The quantitative estimate of drug-likeness (QED) is 0.719. The van der Waals surface area contributed by atoms with Gasteiger partial charge >= 0.3 is 12.0 Å². The van der Waals surface area contributed by atoms with Crippen LogP contribution in [0.5, 0.6) is 0 Å². The number of likely N-dealkylation sites (N-methyl/N-ethyl adjacent to an activating group) is 1. The van der Waals surface area contributed by atoms with Gasteiger partial charge in [-0.1, -0.05) is 12.2 Å². The molecule has 102 valence electrons. The largest absolute Gasteiger partial charge is 0.480 e. The summed E-state index contributed by atoms with van der Waals surface area (Å²) in [6.45, 7) is 8.32. The Morgan fingerprint density at radius 1 is 1.50 bits per heavy atom. The lowest BCUT2D eigenvalue weighted by molar-refractivity contribution is -0.141. The molecule has 0 spiro atoms. The zero-order valence-corrected chi connectivity index (χ0v) is 10.8. The van der Waals surface area contributed by atoms with Gasteiger partial charge in [-0.05, 0) is 13.8 Å². The molecule has 0 radical (unpaired) electrons. The average Bonchev–Trinajstić information content (AvgIpc) is 2.67. The van der Waals surface area contributed by atoms with E-state index in [1.165, 1.54) is 9.80 Å². The number of hydrogen-bond acceptors (Lipinski definition) is 3. The van der Waals surface area contributed by atoms with Crippen molar-refractivity contribution in [1.82, 2.24) is 9.80 Å². The Morgan fingerprint density at radius 3 is 2.56 bits per heavy atom. The number of carbonyl (C=O) groups excluding carboxylic acids is 1. The van der Waals surface area contributed by atoms with Gasteiger partial charge in [0.15, 0.2) is 0 Å². The van der Waals surface area contributed by atoms with Crippen molar-refractivity contribution >= 4 is 12.0 Å². The fraction of sp³-hybridized carbons (Fsp3) is 0.667. The van der Waals surface area contributed by atoms with Gasteiger partial charge in [0.2, 0.25) is 0 Å². The molecule has 0 aromatic heterocycles. The van der Waals surface area contributed by atoms with Gasteiger partial charge in [0, 0.05) is 26.1 Å². The zero-order valence-electron chi connectivity index (χ0n) is 10.8. The number of aliphatic carboxylic acids is 1. The van der Waals surface area contributed by atoms with Gasteiger partial charge in [0.05, 0.1) is 6.10 Å². The molecule has 0 aromatic rings. The van der Waals surface area contributed by atoms with Crippen molar-refractivity contribution in [2.24, 2.45) is 0 Å². The zero-order chi connectivity index (χ0) is 13.9. The molecule has 2 atom stereocenters. The number of carbonyl (C=O) groups is 2. The second-order valence-electron chi connectivity index (χ2n) is 4.65. The van der Waals surface area contributed by atoms with E-state index in [2.05, 4.69) is 6.58 Å². The third-order valence-corrected chi connectivity index (χ3v) is 2.92. The lowest BCUT2D eigenvalue weighted by Crippen LogP contribution is -2.48. The smallest absolute Gasteiger partial charge is 0.326 e. The molecule has 1 aliphatic heterocycles. The van der Waals surface area contributed by atoms with E-state index in [0.717, 1.165) is 5.57 Å². The Morgan fingerprint density at radius 2 is 2.11 bits per heavy atom. The highest BCUT2D eigenvalue weighted by molar-refractivity contribution is 5.83. The summed E-state index contributed by atoms with van der Waals surface area (Å²) in [5.74, 6) is -1.08. The first-order valence-corrected chi connectivity index (χ1v) is 5.97. The number of rotatable bonds is 4. The number of nitrogens with zero attached hydrogens (tertiary/aromatic N) is 2. The summed E-state index contributed by atoms with van der Waals surface area (Å²) in [6.07, 6.45) is -0.676. The van der Waals surface area contributed by atoms with Crippen LogP contribution in [-0.2, 0) is 4.79 Å². The highest BCUT2D eigenvalue weighted by Gasteiger charge is 2.40. The number of likely N-dealkylation sites (tertiary alicyclic amines) is 1. The second kappa shape index (κ2) is 5.86. The van der Waals surface area contributed by atoms with E-state index in [1.54, 1.807) is 0 Å². The number of β-amino-alcohol motifs (C(OH)–C–C–N with tert-alkyl or cyclic N) is 1. The Hall–Kier alpha value is -1.56. The molecule has 2 amide bonds. The summed E-state index contributed by atoms with van der Waals surface area (Å²) in [6, 6.07) is -1.30. The van der Waals surface area contributed by atoms with Gasteiger partial charge in [-0.2, -0.15) is 0 Å². The fourth-order valence-electron chi connectivity index (χ4n) is 2.08. The van der Waals surface area contributed by atoms with Crippen molar-refractivity contribution in [3.63, 3.8) is 0 Å². The number of urea groups is 1. The first-order valence-electron chi connectivity index (χ1n) is 5.97. The van der Waals surface area contributed by atoms with Crippen LogP contribution in [0.2, 0.25) is 0 Å². The summed E-state index contributed by atoms with van der Waals surface area (Å²) in [5.41, 5.74) is 0.830. The summed E-state index contributed by atoms with van der Waals surface area (Å²) in [7, 11) is 0. The van der Waals surface area contributed by atoms with E-state index in [9.17, 15) is 14.7 Å². The molecule has 6 heteroatoms. The maximum absolute atomic E-state index is 12.2. The lowest BCUT2D eigenvalue weighted by atomic mass is 10.2. The van der Waals surface area contributed by atoms with Gasteiger partial charge in [0.25, 0.3) is 0 Å². The average molecular weight is 256 g/mol. The van der Waals surface area contributed by atoms with Crippen molar-refractivity contribution in [1.29, 1.82) is 0 Å². The predicted molar refractivity (Wildman–Crippen MR) is 66.2 cm³/mol. The fourth-order valence-corrected chi connectivity index (χ4v) is 2.08. The monoisotopic (exact) mass is 256 g/mol. The van der Waals surface area contributed by atoms with Crippen LogP contribution in [0.25, 0.3) is 0 Å². The molecule has 0 aromatic carbocycles. The second-order valence-corrected chi connectivity index (χ2v) is 4.65. The van der Waals surface area contributed by atoms with Crippen LogP contribution in [0.1, 0.15) is 20.3 Å². The van der Waals surface area contributed by atoms with E-state index in [0.29, 0.717) is 13.1 Å². The van der Waals surface area contributed by atoms with E-state index < -0.39 is 18.1 Å². The standard InChI is InChI=1S/C12H20N2O4/c1-4-13(6-8(2)3)12(18)14-7-9(15)5-10(14)11(16)17/h9-10,15H,2,4-7H2,1,3H3,(H,16,17)/t9?,10-/m0/s1. The van der Waals surface area contributed by atoms with E-state index in [1.807, 2.05) is 13.8 Å². The predicted octanol–water partition coefficient (Wildman–Crippen LogP) is 0.524. The van der Waals surface area contributed by atoms with E-state index >= 15 is 0 Å². The Kier molecular flexibility index (Phi) is 4.72. The molecule has 18 heavy (non-hydrogen) atoms. The molecule has 1 unspecified atom stereocenters. The van der Waals surface area contributed by atoms with Crippen LogP contribution in [0, 0.1) is 0 Å². The van der Waals surface area contributed by atoms with Crippen molar-refractivity contribution in [2.45, 2.75) is 32.4 Å². The number of carboxylic acid groups (broad SMARTS) is 1.